The summed E-state index contributed by atoms with van der Waals surface area (Å²) in [6.07, 6.45) is 2.51. The minimum absolute atomic E-state index is 0.0492. The summed E-state index contributed by atoms with van der Waals surface area (Å²) in [7, 11) is 0. The summed E-state index contributed by atoms with van der Waals surface area (Å²) in [4.78, 5) is 28.9. The molecule has 0 bridgehead atoms. The van der Waals surface area contributed by atoms with Gasteiger partial charge in [-0.05, 0) is 68.2 Å². The number of hydrogen-bond donors (Lipinski definition) is 1. The van der Waals surface area contributed by atoms with Crippen LogP contribution >= 0.6 is 0 Å². The van der Waals surface area contributed by atoms with Gasteiger partial charge in [0.15, 0.2) is 6.61 Å². The largest absolute Gasteiger partial charge is 0.482 e. The fourth-order valence-electron chi connectivity index (χ4n) is 3.87. The van der Waals surface area contributed by atoms with Crippen LogP contribution in [0.1, 0.15) is 34.3 Å². The van der Waals surface area contributed by atoms with Crippen LogP contribution in [-0.2, 0) is 11.3 Å². The molecule has 0 aromatic heterocycles. The molecule has 0 unspecified atom stereocenters. The number of likely N-dealkylation sites (tertiary alicyclic amines) is 1. The summed E-state index contributed by atoms with van der Waals surface area (Å²) in [5.41, 5.74) is 3.49. The topological polar surface area (TPSA) is 61.9 Å². The van der Waals surface area contributed by atoms with Crippen molar-refractivity contribution in [3.05, 3.63) is 59.2 Å². The first-order chi connectivity index (χ1) is 14.1. The van der Waals surface area contributed by atoms with E-state index < -0.39 is 0 Å². The van der Waals surface area contributed by atoms with Gasteiger partial charge in [0.1, 0.15) is 5.75 Å². The maximum atomic E-state index is 12.4. The Morgan fingerprint density at radius 3 is 2.62 bits per heavy atom. The molecule has 0 radical (unpaired) electrons. The van der Waals surface area contributed by atoms with Crippen molar-refractivity contribution < 1.29 is 14.3 Å². The molecule has 0 spiro atoms. The predicted molar refractivity (Wildman–Crippen MR) is 112 cm³/mol. The number of benzene rings is 2. The molecule has 1 N–H and O–H groups in total. The van der Waals surface area contributed by atoms with E-state index in [9.17, 15) is 9.59 Å². The Hall–Kier alpha value is -2.86. The first-order valence-electron chi connectivity index (χ1n) is 10.2. The van der Waals surface area contributed by atoms with Crippen LogP contribution in [0.2, 0.25) is 0 Å². The lowest BCUT2D eigenvalue weighted by Gasteiger charge is -2.29. The highest BCUT2D eigenvalue weighted by Crippen LogP contribution is 2.33. The van der Waals surface area contributed by atoms with Crippen LogP contribution in [0.3, 0.4) is 0 Å². The van der Waals surface area contributed by atoms with Crippen molar-refractivity contribution >= 4 is 17.5 Å². The van der Waals surface area contributed by atoms with Gasteiger partial charge in [0.05, 0.1) is 12.2 Å². The molecule has 2 aromatic carbocycles. The maximum absolute atomic E-state index is 12.4. The summed E-state index contributed by atoms with van der Waals surface area (Å²) in [6.45, 7) is 6.33. The molecule has 1 saturated heterocycles. The molecule has 6 nitrogen and oxygen atoms in total. The number of fused-ring (bicyclic) bond motifs is 1. The summed E-state index contributed by atoms with van der Waals surface area (Å²) < 4.78 is 5.54. The van der Waals surface area contributed by atoms with Crippen molar-refractivity contribution in [3.8, 4) is 5.75 Å². The van der Waals surface area contributed by atoms with E-state index >= 15 is 0 Å². The van der Waals surface area contributed by atoms with Crippen molar-refractivity contribution in [2.24, 2.45) is 0 Å². The van der Waals surface area contributed by atoms with E-state index in [1.165, 1.54) is 12.8 Å². The Bertz CT molecular complexity index is 889. The second-order valence-electron chi connectivity index (χ2n) is 7.74. The normalized spacial score (nSPS) is 16.4. The van der Waals surface area contributed by atoms with Gasteiger partial charge < -0.3 is 19.9 Å². The van der Waals surface area contributed by atoms with Crippen LogP contribution < -0.4 is 15.0 Å². The van der Waals surface area contributed by atoms with Crippen LogP contribution in [0.5, 0.6) is 5.75 Å². The van der Waals surface area contributed by atoms with Crippen molar-refractivity contribution in [2.45, 2.75) is 26.3 Å². The Morgan fingerprint density at radius 1 is 1.10 bits per heavy atom. The molecule has 2 amide bonds. The molecule has 2 aromatic rings. The third-order valence-corrected chi connectivity index (χ3v) is 5.53. The van der Waals surface area contributed by atoms with Crippen LogP contribution in [0.25, 0.3) is 0 Å². The van der Waals surface area contributed by atoms with Gasteiger partial charge in [0.25, 0.3) is 11.8 Å². The third kappa shape index (κ3) is 4.59. The quantitative estimate of drug-likeness (QED) is 0.820. The SMILES string of the molecule is Cc1ccc2c(c1)N(Cc1ccc(C(=O)NCCN3CCCC3)cc1)C(=O)CO2. The summed E-state index contributed by atoms with van der Waals surface area (Å²) >= 11 is 0. The van der Waals surface area contributed by atoms with Crippen LogP contribution in [0.4, 0.5) is 5.69 Å². The van der Waals surface area contributed by atoms with Crippen molar-refractivity contribution in [1.29, 1.82) is 0 Å². The lowest BCUT2D eigenvalue weighted by molar-refractivity contribution is -0.121. The van der Waals surface area contributed by atoms with Gasteiger partial charge in [0, 0.05) is 18.7 Å². The van der Waals surface area contributed by atoms with Gasteiger partial charge in [-0.2, -0.15) is 0 Å². The van der Waals surface area contributed by atoms with Crippen LogP contribution in [0, 0.1) is 6.92 Å². The summed E-state index contributed by atoms with van der Waals surface area (Å²) in [6, 6.07) is 13.3. The van der Waals surface area contributed by atoms with Gasteiger partial charge >= 0.3 is 0 Å². The number of amides is 2. The fraction of sp³-hybridized carbons (Fsp3) is 0.391. The highest BCUT2D eigenvalue weighted by atomic mass is 16.5. The zero-order chi connectivity index (χ0) is 20.2. The Morgan fingerprint density at radius 2 is 1.86 bits per heavy atom. The van der Waals surface area contributed by atoms with E-state index in [0.29, 0.717) is 18.7 Å². The van der Waals surface area contributed by atoms with Gasteiger partial charge in [-0.1, -0.05) is 18.2 Å². The Labute approximate surface area is 171 Å². The Kier molecular flexibility index (Phi) is 5.81. The molecule has 2 aliphatic rings. The maximum Gasteiger partial charge on any atom is 0.265 e. The van der Waals surface area contributed by atoms with Crippen molar-refractivity contribution in [3.63, 3.8) is 0 Å². The van der Waals surface area contributed by atoms with E-state index in [-0.39, 0.29) is 18.4 Å². The average molecular weight is 393 g/mol. The summed E-state index contributed by atoms with van der Waals surface area (Å²) in [5, 5.41) is 2.99. The minimum Gasteiger partial charge on any atom is -0.482 e. The molecule has 0 saturated carbocycles. The molecule has 0 aliphatic carbocycles. The number of nitrogens with zero attached hydrogens (tertiary/aromatic N) is 2. The van der Waals surface area contributed by atoms with E-state index in [1.54, 1.807) is 4.90 Å². The molecule has 1 fully saturated rings. The first-order valence-corrected chi connectivity index (χ1v) is 10.2. The highest BCUT2D eigenvalue weighted by Gasteiger charge is 2.25. The zero-order valence-corrected chi connectivity index (χ0v) is 16.8. The molecule has 0 atom stereocenters. The lowest BCUT2D eigenvalue weighted by atomic mass is 10.1. The third-order valence-electron chi connectivity index (χ3n) is 5.53. The second kappa shape index (κ2) is 8.66. The van der Waals surface area contributed by atoms with E-state index in [2.05, 4.69) is 10.2 Å². The van der Waals surface area contributed by atoms with E-state index in [1.807, 2.05) is 49.4 Å². The molecule has 4 rings (SSSR count). The first kappa shape index (κ1) is 19.5. The van der Waals surface area contributed by atoms with Gasteiger partial charge in [0.2, 0.25) is 0 Å². The van der Waals surface area contributed by atoms with Gasteiger partial charge in [-0.25, -0.2) is 0 Å². The standard InChI is InChI=1S/C23H27N3O3/c1-17-4-9-21-20(14-17)26(22(27)16-29-21)15-18-5-7-19(8-6-18)23(28)24-10-13-25-11-2-3-12-25/h4-9,14H,2-3,10-13,15-16H2,1H3,(H,24,28). The summed E-state index contributed by atoms with van der Waals surface area (Å²) in [5.74, 6) is 0.607. The average Bonchev–Trinajstić information content (AvgIpc) is 3.24. The smallest absolute Gasteiger partial charge is 0.265 e. The van der Waals surface area contributed by atoms with Crippen LogP contribution in [0.15, 0.2) is 42.5 Å². The minimum atomic E-state index is -0.0631. The number of nitrogens with one attached hydrogen (secondary N) is 1. The molecule has 152 valence electrons. The molecule has 2 aliphatic heterocycles. The van der Waals surface area contributed by atoms with Crippen molar-refractivity contribution in [2.75, 3.05) is 37.7 Å². The van der Waals surface area contributed by atoms with Gasteiger partial charge in [-0.3, -0.25) is 9.59 Å². The predicted octanol–water partition coefficient (Wildman–Crippen LogP) is 2.75. The molecule has 2 heterocycles. The van der Waals surface area contributed by atoms with Crippen molar-refractivity contribution in [1.82, 2.24) is 10.2 Å². The highest BCUT2D eigenvalue weighted by molar-refractivity contribution is 5.98. The zero-order valence-electron chi connectivity index (χ0n) is 16.8. The second-order valence-corrected chi connectivity index (χ2v) is 7.74. The lowest BCUT2D eigenvalue weighted by Crippen LogP contribution is -2.38. The molecule has 29 heavy (non-hydrogen) atoms. The monoisotopic (exact) mass is 393 g/mol. The number of carbonyl (C=O) groups excluding carboxylic acids is 2. The van der Waals surface area contributed by atoms with Gasteiger partial charge in [-0.15, -0.1) is 0 Å². The number of ether oxygens (including phenoxy) is 1. The van der Waals surface area contributed by atoms with Crippen LogP contribution in [-0.4, -0.2) is 49.5 Å². The number of aryl methyl sites for hydroxylation is 1. The van der Waals surface area contributed by atoms with E-state index in [0.717, 1.165) is 42.2 Å². The number of hydrogen-bond acceptors (Lipinski definition) is 4. The Balaban J connectivity index is 1.37. The molecular formula is C23H27N3O3. The number of rotatable bonds is 6. The molecular weight excluding hydrogens is 366 g/mol. The fourth-order valence-corrected chi connectivity index (χ4v) is 3.87. The van der Waals surface area contributed by atoms with E-state index in [4.69, 9.17) is 4.74 Å². The number of anilines is 1. The molecule has 6 heteroatoms. The number of carbonyl (C=O) groups is 2.